The van der Waals surface area contributed by atoms with E-state index in [9.17, 15) is 5.11 Å². The van der Waals surface area contributed by atoms with Crippen molar-refractivity contribution in [2.45, 2.75) is 56.7 Å². The molecule has 4 saturated carbocycles. The molecule has 20 heavy (non-hydrogen) atoms. The normalized spacial score (nSPS) is 43.7. The van der Waals surface area contributed by atoms with Crippen molar-refractivity contribution in [3.63, 3.8) is 0 Å². The van der Waals surface area contributed by atoms with Gasteiger partial charge in [-0.3, -0.25) is 0 Å². The minimum atomic E-state index is -0.315. The Balaban J connectivity index is 1.50. The molecule has 0 heterocycles. The molecule has 4 aliphatic rings. The van der Waals surface area contributed by atoms with Crippen LogP contribution in [0.4, 0.5) is 0 Å². The van der Waals surface area contributed by atoms with Crippen LogP contribution in [0.25, 0.3) is 0 Å². The molecule has 2 N–H and O–H groups in total. The molecule has 0 radical (unpaired) electrons. The fraction of sp³-hybridized carbons (Fsp3) is 0.667. The highest BCUT2D eigenvalue weighted by Crippen LogP contribution is 2.55. The molecule has 4 bridgehead atoms. The van der Waals surface area contributed by atoms with E-state index in [0.717, 1.165) is 25.2 Å². The van der Waals surface area contributed by atoms with Gasteiger partial charge in [0.05, 0.1) is 5.60 Å². The predicted octanol–water partition coefficient (Wildman–Crippen LogP) is 3.28. The minimum absolute atomic E-state index is 0.315. The first kappa shape index (κ1) is 12.8. The van der Waals surface area contributed by atoms with Crippen LogP contribution in [0.1, 0.15) is 50.6 Å². The zero-order valence-corrected chi connectivity index (χ0v) is 12.3. The van der Waals surface area contributed by atoms with Gasteiger partial charge in [0.1, 0.15) is 0 Å². The van der Waals surface area contributed by atoms with Crippen LogP contribution in [0.5, 0.6) is 0 Å². The number of hydrogen-bond acceptors (Lipinski definition) is 2. The summed E-state index contributed by atoms with van der Waals surface area (Å²) >= 11 is 0. The van der Waals surface area contributed by atoms with Crippen LogP contribution >= 0.6 is 0 Å². The Bertz CT molecular complexity index is 469. The second-order valence-electron chi connectivity index (χ2n) is 7.52. The molecule has 2 unspecified atom stereocenters. The summed E-state index contributed by atoms with van der Waals surface area (Å²) in [7, 11) is 0. The van der Waals surface area contributed by atoms with Crippen molar-refractivity contribution < 1.29 is 5.11 Å². The summed E-state index contributed by atoms with van der Waals surface area (Å²) in [5.41, 5.74) is 1.06. The van der Waals surface area contributed by atoms with E-state index in [4.69, 9.17) is 0 Å². The molecule has 0 spiro atoms. The molecule has 2 nitrogen and oxygen atoms in total. The lowest BCUT2D eigenvalue weighted by atomic mass is 9.52. The third kappa shape index (κ3) is 2.10. The number of aliphatic hydroxyl groups is 1. The zero-order valence-electron chi connectivity index (χ0n) is 12.3. The number of hydrogen-bond donors (Lipinski definition) is 2. The molecule has 4 aliphatic carbocycles. The lowest BCUT2D eigenvalue weighted by Crippen LogP contribution is -2.61. The molecule has 5 rings (SSSR count). The van der Waals surface area contributed by atoms with Crippen LogP contribution in [-0.4, -0.2) is 16.7 Å². The monoisotopic (exact) mass is 271 g/mol. The summed E-state index contributed by atoms with van der Waals surface area (Å²) in [6.45, 7) is 2.27. The molecule has 3 atom stereocenters. The van der Waals surface area contributed by atoms with E-state index in [-0.39, 0.29) is 5.60 Å². The first-order chi connectivity index (χ1) is 9.63. The number of benzene rings is 1. The van der Waals surface area contributed by atoms with Crippen molar-refractivity contribution in [2.75, 3.05) is 0 Å². The maximum Gasteiger partial charge on any atom is 0.0657 e. The zero-order chi connectivity index (χ0) is 13.7. The quantitative estimate of drug-likeness (QED) is 0.884. The topological polar surface area (TPSA) is 32.3 Å². The Morgan fingerprint density at radius 2 is 1.75 bits per heavy atom. The molecule has 4 fully saturated rings. The van der Waals surface area contributed by atoms with Gasteiger partial charge in [0.2, 0.25) is 0 Å². The summed E-state index contributed by atoms with van der Waals surface area (Å²) in [6.07, 6.45) is 5.79. The highest BCUT2D eigenvalue weighted by atomic mass is 16.3. The van der Waals surface area contributed by atoms with Gasteiger partial charge in [0, 0.05) is 12.1 Å². The molecule has 0 amide bonds. The maximum atomic E-state index is 10.6. The highest BCUT2D eigenvalue weighted by Gasteiger charge is 2.54. The van der Waals surface area contributed by atoms with E-state index in [1.807, 2.05) is 0 Å². The van der Waals surface area contributed by atoms with Crippen molar-refractivity contribution >= 4 is 0 Å². The van der Waals surface area contributed by atoms with Gasteiger partial charge in [0.25, 0.3) is 0 Å². The number of nitrogens with one attached hydrogen (secondary N) is 1. The predicted molar refractivity (Wildman–Crippen MR) is 80.3 cm³/mol. The van der Waals surface area contributed by atoms with E-state index in [1.165, 1.54) is 18.4 Å². The largest absolute Gasteiger partial charge is 0.390 e. The molecule has 0 aromatic heterocycles. The van der Waals surface area contributed by atoms with Crippen molar-refractivity contribution in [3.05, 3.63) is 35.9 Å². The molecule has 1 aromatic carbocycles. The Morgan fingerprint density at radius 1 is 1.10 bits per heavy atom. The van der Waals surface area contributed by atoms with Crippen LogP contribution < -0.4 is 5.32 Å². The standard InChI is InChI=1S/C18H25NO/c1-12(14-5-3-2-4-6-14)19-17-15-7-13-8-16(17)11-18(20,9-13)10-15/h2-6,12-13,15-17,19-20H,7-11H2,1H3/t12-,13?,15?,16?,17-,18+/m0/s1. The van der Waals surface area contributed by atoms with Crippen LogP contribution in [-0.2, 0) is 0 Å². The second kappa shape index (κ2) is 4.57. The van der Waals surface area contributed by atoms with Crippen LogP contribution in [0.3, 0.4) is 0 Å². The van der Waals surface area contributed by atoms with Crippen molar-refractivity contribution in [1.82, 2.24) is 5.32 Å². The summed E-state index contributed by atoms with van der Waals surface area (Å²) < 4.78 is 0. The van der Waals surface area contributed by atoms with Gasteiger partial charge >= 0.3 is 0 Å². The lowest BCUT2D eigenvalue weighted by Gasteiger charge is -2.58. The number of rotatable bonds is 3. The van der Waals surface area contributed by atoms with E-state index < -0.39 is 0 Å². The first-order valence-corrected chi connectivity index (χ1v) is 8.16. The summed E-state index contributed by atoms with van der Waals surface area (Å²) in [4.78, 5) is 0. The second-order valence-corrected chi connectivity index (χ2v) is 7.52. The lowest BCUT2D eigenvalue weighted by molar-refractivity contribution is -0.139. The summed E-state index contributed by atoms with van der Waals surface area (Å²) in [5.74, 6) is 2.18. The van der Waals surface area contributed by atoms with E-state index in [0.29, 0.717) is 23.9 Å². The average molecular weight is 271 g/mol. The minimum Gasteiger partial charge on any atom is -0.390 e. The first-order valence-electron chi connectivity index (χ1n) is 8.16. The molecular weight excluding hydrogens is 246 g/mol. The maximum absolute atomic E-state index is 10.6. The van der Waals surface area contributed by atoms with Gasteiger partial charge in [-0.2, -0.15) is 0 Å². The molecule has 108 valence electrons. The SMILES string of the molecule is C[C@H](N[C@H]1C2CC3CC1C[C@@](O)(C3)C2)c1ccccc1. The van der Waals surface area contributed by atoms with Gasteiger partial charge in [0.15, 0.2) is 0 Å². The fourth-order valence-corrected chi connectivity index (χ4v) is 5.38. The van der Waals surface area contributed by atoms with E-state index in [2.05, 4.69) is 42.6 Å². The molecule has 2 heteroatoms. The summed E-state index contributed by atoms with van der Waals surface area (Å²) in [6, 6.07) is 11.8. The van der Waals surface area contributed by atoms with Gasteiger partial charge in [-0.15, -0.1) is 0 Å². The average Bonchev–Trinajstić information content (AvgIpc) is 2.42. The third-order valence-corrected chi connectivity index (χ3v) is 5.98. The Labute approximate surface area is 121 Å². The highest BCUT2D eigenvalue weighted by molar-refractivity contribution is 5.19. The Hall–Kier alpha value is -0.860. The molecule has 1 aromatic rings. The van der Waals surface area contributed by atoms with Crippen molar-refractivity contribution in [1.29, 1.82) is 0 Å². The fourth-order valence-electron chi connectivity index (χ4n) is 5.38. The van der Waals surface area contributed by atoms with E-state index in [1.54, 1.807) is 0 Å². The molecule has 0 aliphatic heterocycles. The van der Waals surface area contributed by atoms with Crippen LogP contribution in [0.15, 0.2) is 30.3 Å². The van der Waals surface area contributed by atoms with E-state index >= 15 is 0 Å². The molecule has 0 saturated heterocycles. The van der Waals surface area contributed by atoms with Crippen LogP contribution in [0.2, 0.25) is 0 Å². The van der Waals surface area contributed by atoms with Gasteiger partial charge in [-0.1, -0.05) is 30.3 Å². The van der Waals surface area contributed by atoms with Crippen LogP contribution in [0, 0.1) is 17.8 Å². The van der Waals surface area contributed by atoms with Gasteiger partial charge in [-0.05, 0) is 62.3 Å². The van der Waals surface area contributed by atoms with Crippen molar-refractivity contribution in [3.8, 4) is 0 Å². The Kier molecular flexibility index (Phi) is 2.94. The Morgan fingerprint density at radius 3 is 2.35 bits per heavy atom. The summed E-state index contributed by atoms with van der Waals surface area (Å²) in [5, 5.41) is 14.5. The van der Waals surface area contributed by atoms with Crippen molar-refractivity contribution in [2.24, 2.45) is 17.8 Å². The smallest absolute Gasteiger partial charge is 0.0657 e. The molecular formula is C18H25NO. The third-order valence-electron chi connectivity index (χ3n) is 5.98. The van der Waals surface area contributed by atoms with Gasteiger partial charge < -0.3 is 10.4 Å². The van der Waals surface area contributed by atoms with Gasteiger partial charge in [-0.25, -0.2) is 0 Å².